The molecule has 0 radical (unpaired) electrons. The van der Waals surface area contributed by atoms with E-state index in [1.807, 2.05) is 26.0 Å². The lowest BCUT2D eigenvalue weighted by Crippen LogP contribution is -2.47. The molecule has 0 aliphatic heterocycles. The number of hydrogen-bond acceptors (Lipinski definition) is 4. The van der Waals surface area contributed by atoms with E-state index in [2.05, 4.69) is 10.4 Å². The summed E-state index contributed by atoms with van der Waals surface area (Å²) in [4.78, 5) is 38.7. The summed E-state index contributed by atoms with van der Waals surface area (Å²) in [5, 5.41) is 6.60. The molecule has 0 saturated heterocycles. The maximum atomic E-state index is 14.4. The molecule has 3 rings (SSSR count). The van der Waals surface area contributed by atoms with Crippen molar-refractivity contribution in [3.8, 4) is 5.69 Å². The molecule has 1 atom stereocenters. The molecular formula is C22H23FN4O3. The Morgan fingerprint density at radius 3 is 2.43 bits per heavy atom. The van der Waals surface area contributed by atoms with Crippen LogP contribution in [0.3, 0.4) is 0 Å². The van der Waals surface area contributed by atoms with Crippen LogP contribution in [-0.2, 0) is 6.54 Å². The van der Waals surface area contributed by atoms with Crippen LogP contribution in [0.1, 0.15) is 41.9 Å². The van der Waals surface area contributed by atoms with E-state index in [0.29, 0.717) is 12.0 Å². The van der Waals surface area contributed by atoms with E-state index in [4.69, 9.17) is 0 Å². The van der Waals surface area contributed by atoms with Crippen LogP contribution in [0.2, 0.25) is 0 Å². The minimum atomic E-state index is -0.828. The average Bonchev–Trinajstić information content (AvgIpc) is 2.73. The first-order valence-electron chi connectivity index (χ1n) is 9.67. The molecule has 156 valence electrons. The summed E-state index contributed by atoms with van der Waals surface area (Å²) in [7, 11) is 0. The van der Waals surface area contributed by atoms with Gasteiger partial charge in [-0.05, 0) is 38.0 Å². The lowest BCUT2D eigenvalue weighted by Gasteiger charge is -2.14. The molecule has 1 heterocycles. The highest BCUT2D eigenvalue weighted by Gasteiger charge is 2.22. The van der Waals surface area contributed by atoms with E-state index in [-0.39, 0.29) is 18.3 Å². The van der Waals surface area contributed by atoms with E-state index in [1.54, 1.807) is 25.1 Å². The molecule has 1 aromatic heterocycles. The molecule has 0 saturated carbocycles. The third-order valence-corrected chi connectivity index (χ3v) is 4.81. The van der Waals surface area contributed by atoms with Gasteiger partial charge in [-0.3, -0.25) is 14.2 Å². The first-order valence-corrected chi connectivity index (χ1v) is 9.67. The molecule has 0 aliphatic rings. The summed E-state index contributed by atoms with van der Waals surface area (Å²) in [6, 6.07) is 12.6. The molecule has 7 nitrogen and oxygen atoms in total. The van der Waals surface area contributed by atoms with Gasteiger partial charge in [0.1, 0.15) is 11.5 Å². The quantitative estimate of drug-likeness (QED) is 0.676. The SMILES string of the molecule is CC[C@@H](C)NC(=O)c1nn(-c2ccccc2F)c(=O)n(Cc2ccc(C)cc2)c1=O. The van der Waals surface area contributed by atoms with Crippen molar-refractivity contribution in [1.29, 1.82) is 0 Å². The molecule has 0 unspecified atom stereocenters. The Morgan fingerprint density at radius 2 is 1.80 bits per heavy atom. The van der Waals surface area contributed by atoms with E-state index in [1.165, 1.54) is 18.2 Å². The Morgan fingerprint density at radius 1 is 1.13 bits per heavy atom. The third kappa shape index (κ3) is 4.37. The smallest absolute Gasteiger partial charge is 0.348 e. The fourth-order valence-corrected chi connectivity index (χ4v) is 2.85. The van der Waals surface area contributed by atoms with E-state index >= 15 is 0 Å². The van der Waals surface area contributed by atoms with Gasteiger partial charge < -0.3 is 5.32 Å². The second-order valence-corrected chi connectivity index (χ2v) is 7.15. The number of para-hydroxylation sites is 1. The standard InChI is InChI=1S/C22H23FN4O3/c1-4-15(3)24-20(28)19-21(29)26(13-16-11-9-14(2)10-12-16)22(30)27(25-19)18-8-6-5-7-17(18)23/h5-12,15H,4,13H2,1-3H3,(H,24,28)/t15-/m1/s1. The van der Waals surface area contributed by atoms with Crippen molar-refractivity contribution in [2.75, 3.05) is 0 Å². The van der Waals surface area contributed by atoms with Gasteiger partial charge in [0.2, 0.25) is 5.69 Å². The van der Waals surface area contributed by atoms with Crippen molar-refractivity contribution < 1.29 is 9.18 Å². The van der Waals surface area contributed by atoms with Crippen LogP contribution >= 0.6 is 0 Å². The Kier molecular flexibility index (Phi) is 6.25. The maximum Gasteiger partial charge on any atom is 0.352 e. The Labute approximate surface area is 172 Å². The van der Waals surface area contributed by atoms with Crippen LogP contribution < -0.4 is 16.6 Å². The van der Waals surface area contributed by atoms with Gasteiger partial charge in [-0.1, -0.05) is 48.9 Å². The molecule has 0 spiro atoms. The normalized spacial score (nSPS) is 11.9. The van der Waals surface area contributed by atoms with E-state index < -0.39 is 28.7 Å². The van der Waals surface area contributed by atoms with Gasteiger partial charge in [0.05, 0.1) is 6.54 Å². The lowest BCUT2D eigenvalue weighted by atomic mass is 10.1. The highest BCUT2D eigenvalue weighted by molar-refractivity contribution is 5.91. The summed E-state index contributed by atoms with van der Waals surface area (Å²) in [6.45, 7) is 5.52. The number of aryl methyl sites for hydroxylation is 1. The summed E-state index contributed by atoms with van der Waals surface area (Å²) >= 11 is 0. The van der Waals surface area contributed by atoms with Crippen molar-refractivity contribution in [3.63, 3.8) is 0 Å². The molecule has 0 fully saturated rings. The van der Waals surface area contributed by atoms with Gasteiger partial charge in [0.15, 0.2) is 0 Å². The van der Waals surface area contributed by atoms with Crippen LogP contribution in [0, 0.1) is 12.7 Å². The van der Waals surface area contributed by atoms with Crippen LogP contribution in [-0.4, -0.2) is 26.3 Å². The number of carbonyl (C=O) groups excluding carboxylic acids is 1. The Balaban J connectivity index is 2.20. The van der Waals surface area contributed by atoms with Crippen LogP contribution in [0.25, 0.3) is 5.69 Å². The second-order valence-electron chi connectivity index (χ2n) is 7.15. The summed E-state index contributed by atoms with van der Waals surface area (Å²) in [5.74, 6) is -1.40. The average molecular weight is 410 g/mol. The number of halogens is 1. The molecular weight excluding hydrogens is 387 g/mol. The molecule has 0 bridgehead atoms. The molecule has 1 N–H and O–H groups in total. The van der Waals surface area contributed by atoms with E-state index in [9.17, 15) is 18.8 Å². The number of nitrogens with one attached hydrogen (secondary N) is 1. The topological polar surface area (TPSA) is 86.0 Å². The number of amides is 1. The van der Waals surface area contributed by atoms with Crippen molar-refractivity contribution in [2.24, 2.45) is 0 Å². The minimum absolute atomic E-state index is 0.0709. The zero-order valence-corrected chi connectivity index (χ0v) is 17.1. The van der Waals surface area contributed by atoms with Gasteiger partial charge in [-0.15, -0.1) is 0 Å². The molecule has 2 aromatic carbocycles. The van der Waals surface area contributed by atoms with Crippen molar-refractivity contribution >= 4 is 5.91 Å². The number of nitrogens with zero attached hydrogens (tertiary/aromatic N) is 3. The van der Waals surface area contributed by atoms with Crippen molar-refractivity contribution in [3.05, 3.63) is 92.0 Å². The third-order valence-electron chi connectivity index (χ3n) is 4.81. The fourth-order valence-electron chi connectivity index (χ4n) is 2.85. The molecule has 30 heavy (non-hydrogen) atoms. The number of hydrogen-bond donors (Lipinski definition) is 1. The second kappa shape index (κ2) is 8.86. The largest absolute Gasteiger partial charge is 0.352 e. The van der Waals surface area contributed by atoms with Crippen molar-refractivity contribution in [1.82, 2.24) is 19.7 Å². The van der Waals surface area contributed by atoms with Crippen molar-refractivity contribution in [2.45, 2.75) is 39.8 Å². The van der Waals surface area contributed by atoms with Gasteiger partial charge >= 0.3 is 5.69 Å². The van der Waals surface area contributed by atoms with Gasteiger partial charge in [-0.25, -0.2) is 9.18 Å². The maximum absolute atomic E-state index is 14.4. The van der Waals surface area contributed by atoms with Crippen LogP contribution in [0.15, 0.2) is 58.1 Å². The van der Waals surface area contributed by atoms with E-state index in [0.717, 1.165) is 14.8 Å². The number of rotatable bonds is 6. The highest BCUT2D eigenvalue weighted by atomic mass is 19.1. The lowest BCUT2D eigenvalue weighted by molar-refractivity contribution is 0.0929. The molecule has 3 aromatic rings. The first-order chi connectivity index (χ1) is 14.3. The van der Waals surface area contributed by atoms with Crippen LogP contribution in [0.5, 0.6) is 0 Å². The summed E-state index contributed by atoms with van der Waals surface area (Å²) in [5.41, 5.74) is -0.541. The van der Waals surface area contributed by atoms with Gasteiger partial charge in [0, 0.05) is 6.04 Å². The van der Waals surface area contributed by atoms with Gasteiger partial charge in [-0.2, -0.15) is 9.78 Å². The first kappa shape index (κ1) is 21.2. The molecule has 1 amide bonds. The molecule has 0 aliphatic carbocycles. The fraction of sp³-hybridized carbons (Fsp3) is 0.273. The number of aromatic nitrogens is 3. The molecule has 8 heteroatoms. The number of carbonyl (C=O) groups is 1. The number of benzene rings is 2. The summed E-state index contributed by atoms with van der Waals surface area (Å²) in [6.07, 6.45) is 0.649. The monoisotopic (exact) mass is 410 g/mol. The zero-order valence-electron chi connectivity index (χ0n) is 17.1. The Hall–Kier alpha value is -3.55. The minimum Gasteiger partial charge on any atom is -0.348 e. The summed E-state index contributed by atoms with van der Waals surface area (Å²) < 4.78 is 16.0. The zero-order chi connectivity index (χ0) is 21.8. The predicted octanol–water partition coefficient (Wildman–Crippen LogP) is 2.42. The van der Waals surface area contributed by atoms with Gasteiger partial charge in [0.25, 0.3) is 11.5 Å². The highest BCUT2D eigenvalue weighted by Crippen LogP contribution is 2.09. The Bertz CT molecular complexity index is 1180. The van der Waals surface area contributed by atoms with Crippen LogP contribution in [0.4, 0.5) is 4.39 Å². The predicted molar refractivity (Wildman–Crippen MR) is 112 cm³/mol.